The number of carbonyl (C=O) groups is 2. The summed E-state index contributed by atoms with van der Waals surface area (Å²) in [5.74, 6) is 0.330. The molecule has 2 heterocycles. The molecule has 0 spiro atoms. The van der Waals surface area contributed by atoms with Gasteiger partial charge in [0.1, 0.15) is 11.4 Å². The van der Waals surface area contributed by atoms with Crippen LogP contribution in [0.3, 0.4) is 0 Å². The zero-order valence-electron chi connectivity index (χ0n) is 9.47. The Morgan fingerprint density at radius 2 is 2.21 bits per heavy atom. The minimum absolute atomic E-state index is 0.00120. The predicted octanol–water partition coefficient (Wildman–Crippen LogP) is 2.05. The molecule has 1 N–H and O–H groups in total. The number of nitrogens with zero attached hydrogens (tertiary/aromatic N) is 1. The third-order valence-corrected chi connectivity index (χ3v) is 2.80. The Bertz CT molecular complexity index is 680. The van der Waals surface area contributed by atoms with Crippen LogP contribution in [0.15, 0.2) is 28.8 Å². The molecule has 1 aliphatic heterocycles. The Balaban J connectivity index is 1.99. The lowest BCUT2D eigenvalue weighted by molar-refractivity contribution is -0.118. The van der Waals surface area contributed by atoms with E-state index in [1.165, 1.54) is 6.07 Å². The van der Waals surface area contributed by atoms with Crippen LogP contribution >= 0.6 is 11.6 Å². The van der Waals surface area contributed by atoms with Crippen molar-refractivity contribution in [2.24, 2.45) is 0 Å². The largest absolute Gasteiger partial charge is 0.482 e. The second-order valence-electron chi connectivity index (χ2n) is 3.90. The summed E-state index contributed by atoms with van der Waals surface area (Å²) in [6.45, 7) is 0.00120. The SMILES string of the molecule is O=C1COc2ccc(-c3cc(C(=O)Cl)on3)cc2N1. The molecule has 6 nitrogen and oxygen atoms in total. The van der Waals surface area contributed by atoms with Gasteiger partial charge in [0.05, 0.1) is 5.69 Å². The minimum atomic E-state index is -0.714. The molecule has 1 aromatic heterocycles. The smallest absolute Gasteiger partial charge is 0.290 e. The van der Waals surface area contributed by atoms with Crippen molar-refractivity contribution < 1.29 is 18.8 Å². The molecular weight excluding hydrogens is 272 g/mol. The van der Waals surface area contributed by atoms with E-state index in [-0.39, 0.29) is 18.3 Å². The Kier molecular flexibility index (Phi) is 2.72. The fourth-order valence-corrected chi connectivity index (χ4v) is 1.84. The first-order chi connectivity index (χ1) is 9.13. The Morgan fingerprint density at radius 3 is 2.95 bits per heavy atom. The van der Waals surface area contributed by atoms with E-state index >= 15 is 0 Å². The van der Waals surface area contributed by atoms with Crippen LogP contribution in [0.1, 0.15) is 10.6 Å². The van der Waals surface area contributed by atoms with Gasteiger partial charge >= 0.3 is 0 Å². The molecule has 1 amide bonds. The molecule has 1 aliphatic rings. The monoisotopic (exact) mass is 278 g/mol. The van der Waals surface area contributed by atoms with Gasteiger partial charge in [-0.05, 0) is 29.8 Å². The fraction of sp³-hybridized carbons (Fsp3) is 0.0833. The lowest BCUT2D eigenvalue weighted by atomic mass is 10.1. The summed E-state index contributed by atoms with van der Waals surface area (Å²) < 4.78 is 10.0. The molecule has 19 heavy (non-hydrogen) atoms. The summed E-state index contributed by atoms with van der Waals surface area (Å²) in [6, 6.07) is 6.58. The van der Waals surface area contributed by atoms with Crippen LogP contribution in [0.2, 0.25) is 0 Å². The van der Waals surface area contributed by atoms with E-state index in [4.69, 9.17) is 20.9 Å². The van der Waals surface area contributed by atoms with Crippen molar-refractivity contribution >= 4 is 28.4 Å². The highest BCUT2D eigenvalue weighted by molar-refractivity contribution is 6.67. The van der Waals surface area contributed by atoms with Gasteiger partial charge in [-0.25, -0.2) is 0 Å². The molecule has 3 rings (SSSR count). The van der Waals surface area contributed by atoms with Gasteiger partial charge in [-0.15, -0.1) is 0 Å². The number of halogens is 1. The van der Waals surface area contributed by atoms with Crippen molar-refractivity contribution in [1.29, 1.82) is 0 Å². The van der Waals surface area contributed by atoms with Gasteiger partial charge in [0.25, 0.3) is 11.1 Å². The lowest BCUT2D eigenvalue weighted by Crippen LogP contribution is -2.25. The number of benzene rings is 1. The molecule has 0 saturated heterocycles. The van der Waals surface area contributed by atoms with E-state index in [1.807, 2.05) is 0 Å². The van der Waals surface area contributed by atoms with Crippen molar-refractivity contribution in [3.8, 4) is 17.0 Å². The zero-order chi connectivity index (χ0) is 13.4. The van der Waals surface area contributed by atoms with E-state index in [1.54, 1.807) is 18.2 Å². The van der Waals surface area contributed by atoms with Crippen molar-refractivity contribution in [2.75, 3.05) is 11.9 Å². The molecule has 0 fully saturated rings. The Hall–Kier alpha value is -2.34. The van der Waals surface area contributed by atoms with E-state index in [0.717, 1.165) is 0 Å². The number of rotatable bonds is 2. The van der Waals surface area contributed by atoms with E-state index in [0.29, 0.717) is 22.7 Å². The maximum absolute atomic E-state index is 11.2. The van der Waals surface area contributed by atoms with Crippen LogP contribution in [-0.2, 0) is 4.79 Å². The molecule has 0 radical (unpaired) electrons. The van der Waals surface area contributed by atoms with E-state index in [9.17, 15) is 9.59 Å². The quantitative estimate of drug-likeness (QED) is 0.850. The average molecular weight is 279 g/mol. The summed E-state index contributed by atoms with van der Waals surface area (Å²) in [6.07, 6.45) is 0. The van der Waals surface area contributed by atoms with Crippen molar-refractivity contribution in [1.82, 2.24) is 5.16 Å². The van der Waals surface area contributed by atoms with Crippen LogP contribution in [0.25, 0.3) is 11.3 Å². The molecule has 0 saturated carbocycles. The molecule has 2 aromatic rings. The van der Waals surface area contributed by atoms with Crippen LogP contribution in [0.5, 0.6) is 5.75 Å². The van der Waals surface area contributed by atoms with Crippen molar-refractivity contribution in [3.05, 3.63) is 30.0 Å². The van der Waals surface area contributed by atoms with Crippen LogP contribution in [-0.4, -0.2) is 22.9 Å². The average Bonchev–Trinajstić information content (AvgIpc) is 2.87. The molecule has 96 valence electrons. The van der Waals surface area contributed by atoms with Gasteiger partial charge in [-0.1, -0.05) is 5.16 Å². The number of nitrogens with one attached hydrogen (secondary N) is 1. The number of aromatic nitrogens is 1. The van der Waals surface area contributed by atoms with Gasteiger partial charge in [-0.3, -0.25) is 9.59 Å². The first-order valence-electron chi connectivity index (χ1n) is 5.37. The van der Waals surface area contributed by atoms with E-state index < -0.39 is 5.24 Å². The van der Waals surface area contributed by atoms with Crippen LogP contribution in [0.4, 0.5) is 5.69 Å². The third-order valence-electron chi connectivity index (χ3n) is 2.61. The van der Waals surface area contributed by atoms with Gasteiger partial charge in [0.15, 0.2) is 6.61 Å². The van der Waals surface area contributed by atoms with Crippen molar-refractivity contribution in [2.45, 2.75) is 0 Å². The molecule has 0 unspecified atom stereocenters. The first-order valence-corrected chi connectivity index (χ1v) is 5.75. The highest BCUT2D eigenvalue weighted by Crippen LogP contribution is 2.32. The highest BCUT2D eigenvalue weighted by atomic mass is 35.5. The zero-order valence-corrected chi connectivity index (χ0v) is 10.2. The Labute approximate surface area is 112 Å². The predicted molar refractivity (Wildman–Crippen MR) is 66.2 cm³/mol. The number of ether oxygens (including phenoxy) is 1. The maximum Gasteiger partial charge on any atom is 0.290 e. The van der Waals surface area contributed by atoms with Gasteiger partial charge in [0.2, 0.25) is 5.76 Å². The van der Waals surface area contributed by atoms with E-state index in [2.05, 4.69) is 10.5 Å². The second kappa shape index (κ2) is 4.40. The molecule has 0 atom stereocenters. The van der Waals surface area contributed by atoms with Crippen molar-refractivity contribution in [3.63, 3.8) is 0 Å². The summed E-state index contributed by atoms with van der Waals surface area (Å²) in [7, 11) is 0. The fourth-order valence-electron chi connectivity index (χ4n) is 1.75. The maximum atomic E-state index is 11.2. The highest BCUT2D eigenvalue weighted by Gasteiger charge is 2.18. The number of hydrogen-bond donors (Lipinski definition) is 1. The number of hydrogen-bond acceptors (Lipinski definition) is 5. The molecule has 0 bridgehead atoms. The molecular formula is C12H7ClN2O4. The lowest BCUT2D eigenvalue weighted by Gasteiger charge is -2.17. The molecule has 7 heteroatoms. The molecule has 0 aliphatic carbocycles. The number of fused-ring (bicyclic) bond motifs is 1. The topological polar surface area (TPSA) is 81.4 Å². The summed E-state index contributed by atoms with van der Waals surface area (Å²) >= 11 is 5.29. The number of amides is 1. The first kappa shape index (κ1) is 11.7. The normalized spacial score (nSPS) is 13.4. The standard InChI is InChI=1S/C12H7ClN2O4/c13-12(17)10-4-7(15-19-10)6-1-2-9-8(3-6)14-11(16)5-18-9/h1-4H,5H2,(H,14,16). The summed E-state index contributed by atoms with van der Waals surface area (Å²) in [5, 5.41) is 5.71. The van der Waals surface area contributed by atoms with Gasteiger partial charge in [0, 0.05) is 11.6 Å². The number of anilines is 1. The molecule has 1 aromatic carbocycles. The number of carbonyl (C=O) groups excluding carboxylic acids is 2. The van der Waals surface area contributed by atoms with Crippen LogP contribution in [0, 0.1) is 0 Å². The minimum Gasteiger partial charge on any atom is -0.482 e. The second-order valence-corrected chi connectivity index (χ2v) is 4.24. The van der Waals surface area contributed by atoms with Crippen LogP contribution < -0.4 is 10.1 Å². The summed E-state index contributed by atoms with van der Waals surface area (Å²) in [5.41, 5.74) is 1.68. The third kappa shape index (κ3) is 2.17. The van der Waals surface area contributed by atoms with Gasteiger partial charge < -0.3 is 14.6 Å². The summed E-state index contributed by atoms with van der Waals surface area (Å²) in [4.78, 5) is 22.2. The van der Waals surface area contributed by atoms with Gasteiger partial charge in [-0.2, -0.15) is 0 Å². The Morgan fingerprint density at radius 1 is 1.37 bits per heavy atom.